The quantitative estimate of drug-likeness (QED) is 0.622. The number of aliphatic hydroxyl groups is 1. The van der Waals surface area contributed by atoms with E-state index in [-0.39, 0.29) is 28.6 Å². The molecule has 1 aliphatic heterocycles. The van der Waals surface area contributed by atoms with Gasteiger partial charge in [-0.2, -0.15) is 0 Å². The number of rotatable bonds is 6. The number of carbonyl (C=O) groups is 1. The van der Waals surface area contributed by atoms with Crippen molar-refractivity contribution >= 4 is 34.4 Å². The highest BCUT2D eigenvalue weighted by Gasteiger charge is 2.33. The number of carbonyl (C=O) groups excluding carboxylic acids is 1. The maximum Gasteiger partial charge on any atom is 0.162 e. The monoisotopic (exact) mass is 455 g/mol. The van der Waals surface area contributed by atoms with E-state index >= 15 is 0 Å². The lowest BCUT2D eigenvalue weighted by Gasteiger charge is -2.38. The number of benzene rings is 2. The third kappa shape index (κ3) is 5.85. The van der Waals surface area contributed by atoms with Crippen molar-refractivity contribution in [3.63, 3.8) is 0 Å². The maximum absolute atomic E-state index is 12.9. The molecule has 3 rings (SSSR count). The van der Waals surface area contributed by atoms with E-state index in [1.54, 1.807) is 0 Å². The molecular weight excluding hydrogens is 433 g/mol. The number of hydrogen-bond acceptors (Lipinski definition) is 3. The zero-order chi connectivity index (χ0) is 18.6. The first-order valence-electron chi connectivity index (χ1n) is 8.96. The zero-order valence-corrected chi connectivity index (χ0v) is 17.5. The molecule has 0 amide bonds. The van der Waals surface area contributed by atoms with Crippen molar-refractivity contribution in [3.8, 4) is 0 Å². The summed E-state index contributed by atoms with van der Waals surface area (Å²) in [5.41, 5.74) is 0.667. The fraction of sp³-hybridized carbons (Fsp3) is 0.381. The molecule has 1 N–H and O–H groups in total. The molecule has 0 aromatic heterocycles. The molecule has 1 fully saturated rings. The van der Waals surface area contributed by atoms with Crippen LogP contribution in [0.5, 0.6) is 0 Å². The topological polar surface area (TPSA) is 40.5 Å². The Morgan fingerprint density at radius 1 is 1.07 bits per heavy atom. The fourth-order valence-corrected chi connectivity index (χ4v) is 3.56. The molecule has 0 saturated carbocycles. The van der Waals surface area contributed by atoms with Crippen LogP contribution in [0.1, 0.15) is 41.6 Å². The normalized spacial score (nSPS) is 16.6. The largest absolute Gasteiger partial charge is 0.385 e. The van der Waals surface area contributed by atoms with Gasteiger partial charge in [-0.05, 0) is 67.8 Å². The molecule has 0 atom stereocenters. The Bertz CT molecular complexity index is 744. The number of piperidine rings is 1. The van der Waals surface area contributed by atoms with Crippen molar-refractivity contribution in [3.05, 3.63) is 70.5 Å². The first kappa shape index (κ1) is 22.0. The van der Waals surface area contributed by atoms with Crippen LogP contribution in [0.2, 0.25) is 5.02 Å². The number of nitrogens with zero attached hydrogens (tertiary/aromatic N) is 1. The van der Waals surface area contributed by atoms with Crippen LogP contribution in [-0.2, 0) is 5.60 Å². The second-order valence-corrected chi connectivity index (χ2v) is 7.35. The molecule has 1 saturated heterocycles. The Labute approximate surface area is 174 Å². The first-order valence-corrected chi connectivity index (χ1v) is 9.34. The average Bonchev–Trinajstić information content (AvgIpc) is 2.64. The van der Waals surface area contributed by atoms with E-state index in [0.717, 1.165) is 31.6 Å². The third-order valence-corrected chi connectivity index (χ3v) is 5.36. The van der Waals surface area contributed by atoms with Crippen LogP contribution in [0.15, 0.2) is 48.5 Å². The van der Waals surface area contributed by atoms with Crippen LogP contribution in [0, 0.1) is 5.82 Å². The minimum atomic E-state index is -0.801. The van der Waals surface area contributed by atoms with Crippen LogP contribution in [0.3, 0.4) is 0 Å². The van der Waals surface area contributed by atoms with Gasteiger partial charge in [-0.3, -0.25) is 4.79 Å². The molecule has 3 nitrogen and oxygen atoms in total. The lowest BCUT2D eigenvalue weighted by Crippen LogP contribution is -2.42. The Morgan fingerprint density at radius 2 is 1.67 bits per heavy atom. The smallest absolute Gasteiger partial charge is 0.162 e. The van der Waals surface area contributed by atoms with Crippen LogP contribution in [0.25, 0.3) is 0 Å². The van der Waals surface area contributed by atoms with Gasteiger partial charge in [0.1, 0.15) is 5.82 Å². The van der Waals surface area contributed by atoms with Crippen molar-refractivity contribution in [2.75, 3.05) is 19.6 Å². The summed E-state index contributed by atoms with van der Waals surface area (Å²) >= 11 is 5.92. The second kappa shape index (κ2) is 9.78. The molecule has 0 radical (unpaired) electrons. The zero-order valence-electron chi connectivity index (χ0n) is 15.0. The van der Waals surface area contributed by atoms with Crippen LogP contribution < -0.4 is 0 Å². The third-order valence-electron chi connectivity index (χ3n) is 5.11. The van der Waals surface area contributed by atoms with Crippen LogP contribution in [0.4, 0.5) is 4.39 Å². The molecule has 27 heavy (non-hydrogen) atoms. The highest BCUT2D eigenvalue weighted by molar-refractivity contribution is 8.93. The molecule has 0 spiro atoms. The Balaban J connectivity index is 0.00000261. The number of halogens is 3. The molecule has 0 unspecified atom stereocenters. The summed E-state index contributed by atoms with van der Waals surface area (Å²) in [7, 11) is 0. The van der Waals surface area contributed by atoms with Gasteiger partial charge in [-0.25, -0.2) is 4.39 Å². The fourth-order valence-electron chi connectivity index (χ4n) is 3.44. The molecule has 1 heterocycles. The molecule has 2 aromatic rings. The lowest BCUT2D eigenvalue weighted by atomic mass is 9.84. The molecule has 0 aliphatic carbocycles. The summed E-state index contributed by atoms with van der Waals surface area (Å²) in [4.78, 5) is 14.4. The molecule has 1 aliphatic rings. The maximum atomic E-state index is 12.9. The van der Waals surface area contributed by atoms with Crippen molar-refractivity contribution in [1.29, 1.82) is 0 Å². The second-order valence-electron chi connectivity index (χ2n) is 6.91. The number of likely N-dealkylation sites (tertiary alicyclic amines) is 1. The van der Waals surface area contributed by atoms with Gasteiger partial charge < -0.3 is 10.0 Å². The predicted molar refractivity (Wildman–Crippen MR) is 111 cm³/mol. The van der Waals surface area contributed by atoms with E-state index in [1.807, 2.05) is 24.3 Å². The summed E-state index contributed by atoms with van der Waals surface area (Å²) in [6.45, 7) is 2.41. The Morgan fingerprint density at radius 3 is 2.26 bits per heavy atom. The summed E-state index contributed by atoms with van der Waals surface area (Å²) in [5.74, 6) is -0.289. The van der Waals surface area contributed by atoms with E-state index < -0.39 is 5.60 Å². The van der Waals surface area contributed by atoms with Crippen LogP contribution in [-0.4, -0.2) is 35.4 Å². The van der Waals surface area contributed by atoms with Crippen LogP contribution >= 0.6 is 28.6 Å². The number of Topliss-reactive ketones (excluding diaryl/α,β-unsaturated/α-hetero) is 1. The van der Waals surface area contributed by atoms with Gasteiger partial charge in [0.15, 0.2) is 5.78 Å². The lowest BCUT2D eigenvalue weighted by molar-refractivity contribution is -0.0260. The van der Waals surface area contributed by atoms with E-state index in [9.17, 15) is 14.3 Å². The minimum Gasteiger partial charge on any atom is -0.385 e. The van der Waals surface area contributed by atoms with Gasteiger partial charge in [0.05, 0.1) is 5.60 Å². The average molecular weight is 457 g/mol. The SMILES string of the molecule is Br.O=C(CCCN1CCC(O)(c2ccc(Cl)cc2)CC1)c1ccc(F)cc1. The Hall–Kier alpha value is -1.27. The minimum absolute atomic E-state index is 0. The van der Waals surface area contributed by atoms with Crippen molar-refractivity contribution in [1.82, 2.24) is 4.90 Å². The van der Waals surface area contributed by atoms with Gasteiger partial charge in [-0.1, -0.05) is 23.7 Å². The molecule has 2 aromatic carbocycles. The van der Waals surface area contributed by atoms with Crippen molar-refractivity contribution in [2.45, 2.75) is 31.3 Å². The van der Waals surface area contributed by atoms with Gasteiger partial charge in [-0.15, -0.1) is 17.0 Å². The van der Waals surface area contributed by atoms with E-state index in [0.29, 0.717) is 29.8 Å². The van der Waals surface area contributed by atoms with Crippen molar-refractivity contribution in [2.24, 2.45) is 0 Å². The van der Waals surface area contributed by atoms with Gasteiger partial charge in [0, 0.05) is 30.1 Å². The summed E-state index contributed by atoms with van der Waals surface area (Å²) in [5, 5.41) is 11.5. The highest BCUT2D eigenvalue weighted by Crippen LogP contribution is 2.33. The van der Waals surface area contributed by atoms with Gasteiger partial charge in [0.2, 0.25) is 0 Å². The van der Waals surface area contributed by atoms with Crippen molar-refractivity contribution < 1.29 is 14.3 Å². The number of ketones is 1. The standard InChI is InChI=1S/C21H23ClFNO2.BrH/c22-18-7-5-17(6-8-18)21(26)11-14-24(15-12-21)13-1-2-20(25)16-3-9-19(23)10-4-16;/h3-10,26H,1-2,11-15H2;1H. The molecule has 0 bridgehead atoms. The summed E-state index contributed by atoms with van der Waals surface area (Å²) < 4.78 is 12.9. The highest BCUT2D eigenvalue weighted by atomic mass is 79.9. The molecule has 6 heteroatoms. The molecular formula is C21H24BrClFNO2. The molecule has 146 valence electrons. The number of hydrogen-bond donors (Lipinski definition) is 1. The first-order chi connectivity index (χ1) is 12.5. The Kier molecular flexibility index (Phi) is 7.98. The van der Waals surface area contributed by atoms with Gasteiger partial charge >= 0.3 is 0 Å². The summed E-state index contributed by atoms with van der Waals surface area (Å²) in [6.07, 6.45) is 2.54. The van der Waals surface area contributed by atoms with E-state index in [4.69, 9.17) is 11.6 Å². The van der Waals surface area contributed by atoms with E-state index in [1.165, 1.54) is 24.3 Å². The van der Waals surface area contributed by atoms with E-state index in [2.05, 4.69) is 4.90 Å². The van der Waals surface area contributed by atoms with Gasteiger partial charge in [0.25, 0.3) is 0 Å². The predicted octanol–water partition coefficient (Wildman–Crippen LogP) is 5.00. The summed E-state index contributed by atoms with van der Waals surface area (Å²) in [6, 6.07) is 13.1.